The first-order chi connectivity index (χ1) is 14.7. The molecule has 2 aromatic heterocycles. The van der Waals surface area contributed by atoms with Crippen molar-refractivity contribution in [3.63, 3.8) is 0 Å². The number of hydrogen-bond donors (Lipinski definition) is 3. The van der Waals surface area contributed by atoms with Crippen molar-refractivity contribution in [2.24, 2.45) is 0 Å². The molecule has 2 amide bonds. The summed E-state index contributed by atoms with van der Waals surface area (Å²) >= 11 is 5.99. The van der Waals surface area contributed by atoms with Crippen LogP contribution in [0.2, 0.25) is 5.02 Å². The van der Waals surface area contributed by atoms with E-state index in [1.807, 2.05) is 19.9 Å². The van der Waals surface area contributed by atoms with Crippen molar-refractivity contribution in [1.82, 2.24) is 15.1 Å². The van der Waals surface area contributed by atoms with E-state index >= 15 is 0 Å². The van der Waals surface area contributed by atoms with Crippen LogP contribution in [0.15, 0.2) is 27.4 Å². The average Bonchev–Trinajstić information content (AvgIpc) is 3.04. The highest BCUT2D eigenvalue weighted by Gasteiger charge is 2.20. The van der Waals surface area contributed by atoms with Crippen LogP contribution in [-0.4, -0.2) is 46.5 Å². The number of benzene rings is 1. The molecule has 9 nitrogen and oxygen atoms in total. The van der Waals surface area contributed by atoms with Gasteiger partial charge in [0.2, 0.25) is 17.7 Å². The van der Waals surface area contributed by atoms with E-state index in [0.29, 0.717) is 34.1 Å². The van der Waals surface area contributed by atoms with Gasteiger partial charge in [-0.3, -0.25) is 24.6 Å². The number of hydrogen-bond acceptors (Lipinski definition) is 6. The zero-order chi connectivity index (χ0) is 22.7. The predicted octanol–water partition coefficient (Wildman–Crippen LogP) is 2.99. The van der Waals surface area contributed by atoms with E-state index < -0.39 is 11.5 Å². The molecular formula is C21H24ClN5O4. The third-order valence-corrected chi connectivity index (χ3v) is 5.14. The highest BCUT2D eigenvalue weighted by Crippen LogP contribution is 2.28. The molecule has 0 saturated carbocycles. The normalized spacial score (nSPS) is 11.2. The first-order valence-corrected chi connectivity index (χ1v) is 10.1. The number of rotatable bonds is 7. The number of fused-ring (bicyclic) bond motifs is 1. The number of halogens is 1. The zero-order valence-corrected chi connectivity index (χ0v) is 18.5. The number of carbonyl (C=O) groups is 2. The number of aromatic nitrogens is 2. The number of anilines is 2. The van der Waals surface area contributed by atoms with Gasteiger partial charge < -0.3 is 9.73 Å². The smallest absolute Gasteiger partial charge is 0.277 e. The largest absolute Gasteiger partial charge is 0.444 e. The predicted molar refractivity (Wildman–Crippen MR) is 120 cm³/mol. The number of aromatic amines is 1. The van der Waals surface area contributed by atoms with Gasteiger partial charge in [-0.25, -0.2) is 5.10 Å². The fraction of sp³-hybridized carbons (Fsp3) is 0.333. The lowest BCUT2D eigenvalue weighted by Crippen LogP contribution is -2.38. The molecule has 0 aliphatic heterocycles. The number of H-pyrrole nitrogens is 1. The first kappa shape index (κ1) is 22.5. The van der Waals surface area contributed by atoms with Crippen LogP contribution in [-0.2, 0) is 9.59 Å². The van der Waals surface area contributed by atoms with E-state index in [1.165, 1.54) is 0 Å². The Bertz CT molecular complexity index is 1200. The maximum Gasteiger partial charge on any atom is 0.277 e. The molecule has 0 bridgehead atoms. The molecule has 164 valence electrons. The number of aryl methyl sites for hydroxylation is 3. The monoisotopic (exact) mass is 445 g/mol. The minimum absolute atomic E-state index is 0.0113. The highest BCUT2D eigenvalue weighted by atomic mass is 35.5. The van der Waals surface area contributed by atoms with Crippen molar-refractivity contribution < 1.29 is 14.0 Å². The molecule has 0 radical (unpaired) electrons. The molecule has 3 N–H and O–H groups in total. The SMILES string of the molecule is CCN(CC(=O)Nc1cc(Cl)ccc1C)CC(=O)Nc1oc(C)c2c(C)n[nH]c(=O)c12. The summed E-state index contributed by atoms with van der Waals surface area (Å²) in [5.74, 6) is -0.111. The van der Waals surface area contributed by atoms with E-state index in [-0.39, 0.29) is 30.3 Å². The molecule has 3 aromatic rings. The molecule has 0 spiro atoms. The van der Waals surface area contributed by atoms with Gasteiger partial charge in [-0.1, -0.05) is 24.6 Å². The van der Waals surface area contributed by atoms with Gasteiger partial charge in [0.05, 0.1) is 24.2 Å². The number of nitrogens with zero attached hydrogens (tertiary/aromatic N) is 2. The Morgan fingerprint density at radius 2 is 1.81 bits per heavy atom. The Labute approximate surface area is 183 Å². The third kappa shape index (κ3) is 5.12. The Balaban J connectivity index is 1.67. The molecule has 10 heteroatoms. The number of carbonyl (C=O) groups excluding carboxylic acids is 2. The van der Waals surface area contributed by atoms with Crippen LogP contribution < -0.4 is 16.2 Å². The first-order valence-electron chi connectivity index (χ1n) is 9.76. The van der Waals surface area contributed by atoms with Crippen LogP contribution in [0.5, 0.6) is 0 Å². The molecular weight excluding hydrogens is 422 g/mol. The highest BCUT2D eigenvalue weighted by molar-refractivity contribution is 6.31. The lowest BCUT2D eigenvalue weighted by molar-refractivity contribution is -0.120. The topological polar surface area (TPSA) is 120 Å². The second-order valence-corrected chi connectivity index (χ2v) is 7.67. The van der Waals surface area contributed by atoms with E-state index in [2.05, 4.69) is 20.8 Å². The summed E-state index contributed by atoms with van der Waals surface area (Å²) in [5.41, 5.74) is 1.66. The van der Waals surface area contributed by atoms with E-state index in [0.717, 1.165) is 5.56 Å². The van der Waals surface area contributed by atoms with Gasteiger partial charge in [0, 0.05) is 10.7 Å². The minimum atomic E-state index is -0.448. The number of furan rings is 1. The molecule has 31 heavy (non-hydrogen) atoms. The Kier molecular flexibility index (Phi) is 6.77. The molecule has 2 heterocycles. The molecule has 1 aromatic carbocycles. The second kappa shape index (κ2) is 9.32. The second-order valence-electron chi connectivity index (χ2n) is 7.23. The van der Waals surface area contributed by atoms with Crippen LogP contribution >= 0.6 is 11.6 Å². The van der Waals surface area contributed by atoms with Crippen LogP contribution in [0.3, 0.4) is 0 Å². The van der Waals surface area contributed by atoms with Crippen molar-refractivity contribution >= 4 is 45.8 Å². The van der Waals surface area contributed by atoms with Crippen molar-refractivity contribution in [2.75, 3.05) is 30.3 Å². The lowest BCUT2D eigenvalue weighted by Gasteiger charge is -2.19. The van der Waals surface area contributed by atoms with Gasteiger partial charge in [0.1, 0.15) is 11.1 Å². The van der Waals surface area contributed by atoms with E-state index in [1.54, 1.807) is 30.9 Å². The summed E-state index contributed by atoms with van der Waals surface area (Å²) in [6.07, 6.45) is 0. The third-order valence-electron chi connectivity index (χ3n) is 4.91. The molecule has 0 unspecified atom stereocenters. The maximum atomic E-state index is 12.6. The molecule has 0 saturated heterocycles. The molecule has 0 aliphatic rings. The summed E-state index contributed by atoms with van der Waals surface area (Å²) in [5, 5.41) is 13.1. The average molecular weight is 446 g/mol. The standard InChI is InChI=1S/C21H24ClN5O4/c1-5-27(9-16(28)23-15-8-14(22)7-6-11(15)2)10-17(29)24-21-19-18(13(4)31-21)12(3)25-26-20(19)30/h6-8H,5,9-10H2,1-4H3,(H,23,28)(H,24,29)(H,26,30). The number of likely N-dealkylation sites (N-methyl/N-ethyl adjacent to an activating group) is 1. The van der Waals surface area contributed by atoms with Crippen molar-refractivity contribution in [3.8, 4) is 0 Å². The van der Waals surface area contributed by atoms with Crippen LogP contribution in [0.1, 0.15) is 23.9 Å². The van der Waals surface area contributed by atoms with Crippen molar-refractivity contribution in [2.45, 2.75) is 27.7 Å². The van der Waals surface area contributed by atoms with Crippen molar-refractivity contribution in [3.05, 3.63) is 50.6 Å². The maximum absolute atomic E-state index is 12.6. The molecule has 0 aliphatic carbocycles. The van der Waals surface area contributed by atoms with E-state index in [9.17, 15) is 14.4 Å². The fourth-order valence-corrected chi connectivity index (χ4v) is 3.47. The fourth-order valence-electron chi connectivity index (χ4n) is 3.30. The van der Waals surface area contributed by atoms with Gasteiger partial charge in [-0.15, -0.1) is 0 Å². The summed E-state index contributed by atoms with van der Waals surface area (Å²) in [4.78, 5) is 38.9. The van der Waals surface area contributed by atoms with Crippen molar-refractivity contribution in [1.29, 1.82) is 0 Å². The summed E-state index contributed by atoms with van der Waals surface area (Å²) in [7, 11) is 0. The van der Waals surface area contributed by atoms with Gasteiger partial charge >= 0.3 is 0 Å². The Morgan fingerprint density at radius 3 is 2.48 bits per heavy atom. The summed E-state index contributed by atoms with van der Waals surface area (Å²) in [6, 6.07) is 5.24. The van der Waals surface area contributed by atoms with E-state index in [4.69, 9.17) is 16.0 Å². The summed E-state index contributed by atoms with van der Waals surface area (Å²) in [6.45, 7) is 7.58. The van der Waals surface area contributed by atoms with Gasteiger partial charge in [0.15, 0.2) is 0 Å². The number of nitrogens with one attached hydrogen (secondary N) is 3. The summed E-state index contributed by atoms with van der Waals surface area (Å²) < 4.78 is 5.59. The van der Waals surface area contributed by atoms with Gasteiger partial charge in [-0.2, -0.15) is 5.10 Å². The molecule has 0 atom stereocenters. The van der Waals surface area contributed by atoms with Crippen LogP contribution in [0.25, 0.3) is 10.8 Å². The van der Waals surface area contributed by atoms with Gasteiger partial charge in [-0.05, 0) is 45.0 Å². The van der Waals surface area contributed by atoms with Crippen LogP contribution in [0, 0.1) is 20.8 Å². The Hall–Kier alpha value is -3.17. The quantitative estimate of drug-likeness (QED) is 0.514. The zero-order valence-electron chi connectivity index (χ0n) is 17.8. The van der Waals surface area contributed by atoms with Crippen LogP contribution in [0.4, 0.5) is 11.6 Å². The lowest BCUT2D eigenvalue weighted by atomic mass is 10.2. The molecule has 0 fully saturated rings. The van der Waals surface area contributed by atoms with Gasteiger partial charge in [0.25, 0.3) is 5.56 Å². The molecule has 3 rings (SSSR count). The minimum Gasteiger partial charge on any atom is -0.444 e. The Morgan fingerprint density at radius 1 is 1.13 bits per heavy atom. The number of amides is 2.